The molecule has 0 radical (unpaired) electrons. The number of thiazole rings is 1. The van der Waals surface area contributed by atoms with Crippen LogP contribution in [0.5, 0.6) is 5.75 Å². The quantitative estimate of drug-likeness (QED) is 0.0378. The van der Waals surface area contributed by atoms with Gasteiger partial charge in [0.15, 0.2) is 5.75 Å². The van der Waals surface area contributed by atoms with Crippen molar-refractivity contribution in [1.29, 1.82) is 0 Å². The van der Waals surface area contributed by atoms with Crippen LogP contribution in [0.1, 0.15) is 83.4 Å². The smallest absolute Gasteiger partial charge is 0.305 e. The van der Waals surface area contributed by atoms with Gasteiger partial charge in [0.25, 0.3) is 11.5 Å². The summed E-state index contributed by atoms with van der Waals surface area (Å²) in [6.07, 6.45) is 10.8. The molecule has 1 unspecified atom stereocenters. The van der Waals surface area contributed by atoms with Gasteiger partial charge in [0, 0.05) is 65.8 Å². The first-order chi connectivity index (χ1) is 39.7. The Morgan fingerprint density at radius 2 is 1.48 bits per heavy atom. The zero-order valence-electron chi connectivity index (χ0n) is 46.8. The molecule has 1 saturated heterocycles. The Morgan fingerprint density at radius 3 is 2.22 bits per heavy atom. The molecule has 2 amide bonds. The van der Waals surface area contributed by atoms with Crippen LogP contribution in [0, 0.1) is 5.92 Å². The lowest BCUT2D eigenvalue weighted by Gasteiger charge is -2.32. The number of thiocarbonyl (C=S) groups is 1. The van der Waals surface area contributed by atoms with Crippen molar-refractivity contribution in [3.63, 3.8) is 0 Å². The minimum Gasteiger partial charge on any atom is -0.481 e. The topological polar surface area (TPSA) is 211 Å². The molecule has 1 aromatic heterocycles. The van der Waals surface area contributed by atoms with Crippen LogP contribution >= 0.6 is 35.3 Å². The Bertz CT molecular complexity index is 3830. The van der Waals surface area contributed by atoms with Gasteiger partial charge in [-0.2, -0.15) is 0 Å². The molecule has 0 saturated carbocycles. The highest BCUT2D eigenvalue weighted by molar-refractivity contribution is 8.30. The second-order valence-corrected chi connectivity index (χ2v) is 24.6. The molecule has 3 aliphatic rings. The van der Waals surface area contributed by atoms with Gasteiger partial charge in [-0.15, -0.1) is 11.3 Å². The number of carboxylic acids is 3. The number of amides is 2. The summed E-state index contributed by atoms with van der Waals surface area (Å²) in [6.45, 7) is 11.1. The molecular weight excluding hydrogens is 1110 g/mol. The molecule has 0 aliphatic carbocycles. The number of carboxylic acid groups (broad SMARTS) is 3. The molecule has 3 aliphatic heterocycles. The minimum atomic E-state index is -1.11. The fourth-order valence-electron chi connectivity index (χ4n) is 10.9. The molecule has 1 fully saturated rings. The number of para-hydroxylation sites is 2. The van der Waals surface area contributed by atoms with Crippen LogP contribution in [0.4, 0.5) is 22.7 Å². The van der Waals surface area contributed by atoms with Crippen molar-refractivity contribution in [2.24, 2.45) is 5.92 Å². The van der Waals surface area contributed by atoms with Gasteiger partial charge in [-0.25, -0.2) is 0 Å². The number of rotatable bonds is 23. The van der Waals surface area contributed by atoms with E-state index in [0.29, 0.717) is 48.3 Å². The number of thioether (sulfide) groups is 1. The van der Waals surface area contributed by atoms with Crippen molar-refractivity contribution in [3.05, 3.63) is 181 Å². The lowest BCUT2D eigenvalue weighted by Crippen LogP contribution is -2.37. The fourth-order valence-corrected chi connectivity index (χ4v) is 13.4. The van der Waals surface area contributed by atoms with E-state index in [1.165, 1.54) is 9.47 Å². The van der Waals surface area contributed by atoms with E-state index in [1.807, 2.05) is 83.8 Å². The van der Waals surface area contributed by atoms with E-state index in [-0.39, 0.29) is 57.3 Å². The van der Waals surface area contributed by atoms with E-state index in [9.17, 15) is 44.1 Å². The highest BCUT2D eigenvalue weighted by Crippen LogP contribution is 2.51. The first-order valence-corrected chi connectivity index (χ1v) is 29.5. The third-order valence-electron chi connectivity index (χ3n) is 15.1. The number of anilines is 4. The summed E-state index contributed by atoms with van der Waals surface area (Å²) in [5.74, 6) is -2.55. The van der Waals surface area contributed by atoms with E-state index in [0.717, 1.165) is 74.1 Å². The van der Waals surface area contributed by atoms with Gasteiger partial charge in [-0.05, 0) is 101 Å². The summed E-state index contributed by atoms with van der Waals surface area (Å²) in [5.41, 5.74) is 5.06. The van der Waals surface area contributed by atoms with E-state index in [4.69, 9.17) is 17.0 Å². The average molecular weight is 1180 g/mol. The summed E-state index contributed by atoms with van der Waals surface area (Å²) in [5, 5.41) is 37.5. The van der Waals surface area contributed by atoms with Gasteiger partial charge in [0.2, 0.25) is 11.8 Å². The normalized spacial score (nSPS) is 17.2. The maximum atomic E-state index is 14.7. The van der Waals surface area contributed by atoms with Gasteiger partial charge in [-0.1, -0.05) is 144 Å². The standard InChI is InChI=1S/C64H66N6O10S3/c1-40(2)29-34-68-47-19-11-12-20-49(47)80-53(68)27-26-50-59(78)70(61(82-50)58-60(79)69(62(81)83-58)36-31-56(76)77)39-52(71)66-43-23-24-46(65-33-28-54(72)73)45(37-43)64(5,38-41-15-7-6-8-16-41)32-14-13-21-51-63(3,4)57-44-18-10-9-17-42(44)22-25-48(57)67(51)35-30-55(74)75/h6-27,37,40,65H,28-36,38-39H2,1-5H3,(H,66,71)(H,72,73)(H,74,75)(H,76,77). The third kappa shape index (κ3) is 13.3. The molecule has 16 nitrogen and oxygen atoms in total. The maximum Gasteiger partial charge on any atom is 0.305 e. The van der Waals surface area contributed by atoms with Crippen molar-refractivity contribution in [3.8, 4) is 5.75 Å². The van der Waals surface area contributed by atoms with Crippen LogP contribution in [0.15, 0.2) is 150 Å². The van der Waals surface area contributed by atoms with Crippen LogP contribution < -0.4 is 39.9 Å². The van der Waals surface area contributed by atoms with Crippen LogP contribution in [-0.4, -0.2) is 85.0 Å². The minimum absolute atomic E-state index is 0.0579. The number of aromatic nitrogens is 1. The maximum absolute atomic E-state index is 14.7. The molecule has 1 atom stereocenters. The summed E-state index contributed by atoms with van der Waals surface area (Å²) < 4.78 is 8.03. The molecule has 6 aromatic rings. The van der Waals surface area contributed by atoms with Crippen LogP contribution in [0.2, 0.25) is 0 Å². The molecule has 9 rings (SSSR count). The largest absolute Gasteiger partial charge is 0.481 e. The number of allylic oxidation sites excluding steroid dienone is 5. The van der Waals surface area contributed by atoms with Crippen LogP contribution in [0.25, 0.3) is 21.8 Å². The number of carbonyl (C=O) groups excluding carboxylic acids is 2. The lowest BCUT2D eigenvalue weighted by atomic mass is 9.73. The second kappa shape index (κ2) is 25.5. The summed E-state index contributed by atoms with van der Waals surface area (Å²) in [6, 6.07) is 35.3. The van der Waals surface area contributed by atoms with Crippen LogP contribution in [-0.2, 0) is 47.8 Å². The molecular formula is C64H66N6O10S3. The Balaban J connectivity index is 1.07. The monoisotopic (exact) mass is 1170 g/mol. The summed E-state index contributed by atoms with van der Waals surface area (Å²) in [7, 11) is 0. The van der Waals surface area contributed by atoms with Gasteiger partial charge in [0.1, 0.15) is 20.4 Å². The van der Waals surface area contributed by atoms with E-state index in [1.54, 1.807) is 24.3 Å². The van der Waals surface area contributed by atoms with Gasteiger partial charge < -0.3 is 40.5 Å². The summed E-state index contributed by atoms with van der Waals surface area (Å²) >= 11 is 7.52. The molecule has 0 spiro atoms. The van der Waals surface area contributed by atoms with Crippen LogP contribution in [0.3, 0.4) is 0 Å². The predicted molar refractivity (Wildman–Crippen MR) is 334 cm³/mol. The van der Waals surface area contributed by atoms with E-state index >= 15 is 0 Å². The van der Waals surface area contributed by atoms with Crippen molar-refractivity contribution in [2.45, 2.75) is 90.5 Å². The zero-order valence-corrected chi connectivity index (χ0v) is 49.3. The number of nitrogens with one attached hydrogen (secondary N) is 2. The van der Waals surface area contributed by atoms with Gasteiger partial charge >= 0.3 is 17.9 Å². The Labute approximate surface area is 494 Å². The van der Waals surface area contributed by atoms with Crippen molar-refractivity contribution >= 4 is 114 Å². The van der Waals surface area contributed by atoms with Crippen molar-refractivity contribution in [2.75, 3.05) is 46.6 Å². The highest BCUT2D eigenvalue weighted by atomic mass is 32.2. The van der Waals surface area contributed by atoms with Crippen molar-refractivity contribution < 1.29 is 44.0 Å². The SMILES string of the molecule is CC(C)CCN1C(=CC=c2sc(=C3SC(=S)N(CCC(=O)O)C3=O)n(CC(=O)Nc3ccc(NCCC(=O)O)c(C(C)(CC=CC=C4N(CCC(=O)O)c5ccc6ccccc6c5C4(C)C)Cc4ccccc4)c3)c2=O)Oc2ccccc21. The first-order valence-electron chi connectivity index (χ1n) is 27.5. The number of ether oxygens (including phenoxy) is 1. The predicted octanol–water partition coefficient (Wildman–Crippen LogP) is 10.2. The van der Waals surface area contributed by atoms with E-state index < -0.39 is 52.7 Å². The molecule has 5 N–H and O–H groups in total. The summed E-state index contributed by atoms with van der Waals surface area (Å²) in [4.78, 5) is 84.1. The first kappa shape index (κ1) is 59.4. The molecule has 430 valence electrons. The Morgan fingerprint density at radius 1 is 0.783 bits per heavy atom. The molecule has 5 aromatic carbocycles. The molecule has 0 bridgehead atoms. The lowest BCUT2D eigenvalue weighted by molar-refractivity contribution is -0.138. The number of carbonyl (C=O) groups is 5. The highest BCUT2D eigenvalue weighted by Gasteiger charge is 2.41. The zero-order chi connectivity index (χ0) is 59.2. The number of nitrogens with zero attached hydrogens (tertiary/aromatic N) is 4. The Hall–Kier alpha value is -8.26. The fraction of sp³-hybridized carbons (Fsp3) is 0.297. The average Bonchev–Trinajstić information content (AvgIpc) is 2.26. The van der Waals surface area contributed by atoms with Crippen molar-refractivity contribution in [1.82, 2.24) is 9.47 Å². The number of hydrogen-bond acceptors (Lipinski definition) is 13. The number of fused-ring (bicyclic) bond motifs is 4. The Kier molecular flexibility index (Phi) is 18.2. The molecule has 4 heterocycles. The van der Waals surface area contributed by atoms with Gasteiger partial charge in [-0.3, -0.25) is 38.2 Å². The number of hydrogen-bond donors (Lipinski definition) is 5. The second-order valence-electron chi connectivity index (χ2n) is 21.9. The van der Waals surface area contributed by atoms with Gasteiger partial charge in [0.05, 0.1) is 29.5 Å². The molecule has 83 heavy (non-hydrogen) atoms. The third-order valence-corrected chi connectivity index (χ3v) is 17.8. The number of benzene rings is 5. The number of aliphatic carboxylic acids is 3. The van der Waals surface area contributed by atoms with E-state index in [2.05, 4.69) is 86.6 Å². The molecule has 19 heteroatoms.